The Morgan fingerprint density at radius 1 is 1.18 bits per heavy atom. The first kappa shape index (κ1) is 19.9. The second-order valence-corrected chi connectivity index (χ2v) is 7.38. The van der Waals surface area contributed by atoms with Gasteiger partial charge in [0, 0.05) is 36.3 Å². The number of likely N-dealkylation sites (N-methyl/N-ethyl adjacent to an activating group) is 1. The number of anilines is 2. The number of benzene rings is 2. The van der Waals surface area contributed by atoms with Crippen molar-refractivity contribution in [3.05, 3.63) is 54.6 Å². The van der Waals surface area contributed by atoms with Crippen molar-refractivity contribution in [1.29, 1.82) is 0 Å². The first-order chi connectivity index (χ1) is 13.5. The number of nitrogens with zero attached hydrogens (tertiary/aromatic N) is 2. The molecule has 1 fully saturated rings. The van der Waals surface area contributed by atoms with Gasteiger partial charge in [0.15, 0.2) is 6.61 Å². The van der Waals surface area contributed by atoms with Crippen LogP contribution in [0.3, 0.4) is 0 Å². The Morgan fingerprint density at radius 2 is 1.93 bits per heavy atom. The molecule has 0 aliphatic carbocycles. The molecule has 0 radical (unpaired) electrons. The Balaban J connectivity index is 1.56. The van der Waals surface area contributed by atoms with E-state index in [1.807, 2.05) is 48.7 Å². The van der Waals surface area contributed by atoms with Crippen molar-refractivity contribution in [2.45, 2.75) is 11.3 Å². The fourth-order valence-electron chi connectivity index (χ4n) is 3.04. The largest absolute Gasteiger partial charge is 0.455 e. The lowest BCUT2D eigenvalue weighted by atomic mass is 10.1. The molecule has 28 heavy (non-hydrogen) atoms. The first-order valence-electron chi connectivity index (χ1n) is 8.92. The molecule has 146 valence electrons. The van der Waals surface area contributed by atoms with Gasteiger partial charge in [0.1, 0.15) is 0 Å². The van der Waals surface area contributed by atoms with E-state index < -0.39 is 11.9 Å². The highest BCUT2D eigenvalue weighted by atomic mass is 32.2. The summed E-state index contributed by atoms with van der Waals surface area (Å²) in [5.74, 6) is -1.53. The number of hydrogen-bond donors (Lipinski definition) is 0. The lowest BCUT2D eigenvalue weighted by Gasteiger charge is -2.18. The van der Waals surface area contributed by atoms with Crippen LogP contribution < -0.4 is 9.80 Å². The van der Waals surface area contributed by atoms with E-state index >= 15 is 0 Å². The Bertz CT molecular complexity index is 872. The van der Waals surface area contributed by atoms with Gasteiger partial charge in [0.05, 0.1) is 5.92 Å². The SMILES string of the molecule is CSc1cccc(N2C[C@@H](C(=O)OCC(=O)N(C)c3ccccc3)CC2=O)c1. The summed E-state index contributed by atoms with van der Waals surface area (Å²) in [5.41, 5.74) is 1.49. The van der Waals surface area contributed by atoms with Crippen molar-refractivity contribution < 1.29 is 19.1 Å². The van der Waals surface area contributed by atoms with Gasteiger partial charge in [-0.05, 0) is 36.6 Å². The van der Waals surface area contributed by atoms with Gasteiger partial charge < -0.3 is 14.5 Å². The van der Waals surface area contributed by atoms with Crippen LogP contribution in [0, 0.1) is 5.92 Å². The van der Waals surface area contributed by atoms with Crippen molar-refractivity contribution in [1.82, 2.24) is 0 Å². The molecule has 0 saturated carbocycles. The minimum atomic E-state index is -0.569. The molecular weight excluding hydrogens is 376 g/mol. The number of carbonyl (C=O) groups is 3. The van der Waals surface area contributed by atoms with Gasteiger partial charge in [-0.1, -0.05) is 24.3 Å². The summed E-state index contributed by atoms with van der Waals surface area (Å²) in [4.78, 5) is 41.1. The number of carbonyl (C=O) groups excluding carboxylic acids is 3. The molecule has 2 aromatic rings. The number of para-hydroxylation sites is 1. The number of thioether (sulfide) groups is 1. The average molecular weight is 398 g/mol. The minimum Gasteiger partial charge on any atom is -0.455 e. The normalized spacial score (nSPS) is 16.1. The van der Waals surface area contributed by atoms with Crippen LogP contribution in [0.1, 0.15) is 6.42 Å². The molecule has 0 N–H and O–H groups in total. The van der Waals surface area contributed by atoms with Crippen LogP contribution in [-0.2, 0) is 19.1 Å². The zero-order valence-corrected chi connectivity index (χ0v) is 16.6. The van der Waals surface area contributed by atoms with E-state index in [-0.39, 0.29) is 31.4 Å². The zero-order valence-electron chi connectivity index (χ0n) is 15.8. The maximum Gasteiger partial charge on any atom is 0.311 e. The quantitative estimate of drug-likeness (QED) is 0.553. The van der Waals surface area contributed by atoms with E-state index in [0.717, 1.165) is 16.3 Å². The maximum absolute atomic E-state index is 12.4. The summed E-state index contributed by atoms with van der Waals surface area (Å²) < 4.78 is 5.19. The van der Waals surface area contributed by atoms with Crippen LogP contribution in [0.15, 0.2) is 59.5 Å². The molecule has 1 saturated heterocycles. The number of hydrogen-bond acceptors (Lipinski definition) is 5. The summed E-state index contributed by atoms with van der Waals surface area (Å²) in [5, 5.41) is 0. The molecule has 6 nitrogen and oxygen atoms in total. The average Bonchev–Trinajstić information content (AvgIpc) is 3.13. The number of amides is 2. The highest BCUT2D eigenvalue weighted by Crippen LogP contribution is 2.28. The second-order valence-electron chi connectivity index (χ2n) is 6.50. The molecule has 0 bridgehead atoms. The molecule has 1 aliphatic rings. The lowest BCUT2D eigenvalue weighted by molar-refractivity contribution is -0.151. The molecule has 0 aromatic heterocycles. The van der Waals surface area contributed by atoms with Gasteiger partial charge in [-0.3, -0.25) is 14.4 Å². The monoisotopic (exact) mass is 398 g/mol. The van der Waals surface area contributed by atoms with Crippen molar-refractivity contribution in [3.63, 3.8) is 0 Å². The van der Waals surface area contributed by atoms with Gasteiger partial charge in [0.25, 0.3) is 5.91 Å². The zero-order chi connectivity index (χ0) is 20.1. The van der Waals surface area contributed by atoms with E-state index in [9.17, 15) is 14.4 Å². The van der Waals surface area contributed by atoms with E-state index in [1.54, 1.807) is 35.8 Å². The highest BCUT2D eigenvalue weighted by molar-refractivity contribution is 7.98. The summed E-state index contributed by atoms with van der Waals surface area (Å²) in [7, 11) is 1.63. The van der Waals surface area contributed by atoms with Gasteiger partial charge in [-0.2, -0.15) is 0 Å². The van der Waals surface area contributed by atoms with Crippen LogP contribution in [0.25, 0.3) is 0 Å². The topological polar surface area (TPSA) is 66.9 Å². The number of esters is 1. The van der Waals surface area contributed by atoms with Crippen molar-refractivity contribution in [2.24, 2.45) is 5.92 Å². The van der Waals surface area contributed by atoms with E-state index in [2.05, 4.69) is 0 Å². The molecule has 0 spiro atoms. The molecule has 2 amide bonds. The van der Waals surface area contributed by atoms with Crippen LogP contribution in [0.5, 0.6) is 0 Å². The second kappa shape index (κ2) is 8.93. The molecule has 2 aromatic carbocycles. The molecule has 7 heteroatoms. The smallest absolute Gasteiger partial charge is 0.311 e. The maximum atomic E-state index is 12.4. The van der Waals surface area contributed by atoms with Crippen LogP contribution in [-0.4, -0.2) is 44.2 Å². The summed E-state index contributed by atoms with van der Waals surface area (Å²) in [6, 6.07) is 16.8. The minimum absolute atomic E-state index is 0.0883. The van der Waals surface area contributed by atoms with E-state index in [0.29, 0.717) is 0 Å². The van der Waals surface area contributed by atoms with Crippen LogP contribution in [0.2, 0.25) is 0 Å². The molecule has 1 atom stereocenters. The predicted molar refractivity (Wildman–Crippen MR) is 109 cm³/mol. The molecule has 3 rings (SSSR count). The van der Waals surface area contributed by atoms with Crippen LogP contribution in [0.4, 0.5) is 11.4 Å². The van der Waals surface area contributed by atoms with E-state index in [4.69, 9.17) is 4.74 Å². The van der Waals surface area contributed by atoms with Crippen LogP contribution >= 0.6 is 11.8 Å². The van der Waals surface area contributed by atoms with Gasteiger partial charge in [-0.15, -0.1) is 11.8 Å². The third kappa shape index (κ3) is 4.54. The van der Waals surface area contributed by atoms with Crippen molar-refractivity contribution >= 4 is 40.9 Å². The Kier molecular flexibility index (Phi) is 6.36. The Morgan fingerprint density at radius 3 is 2.64 bits per heavy atom. The summed E-state index contributed by atoms with van der Waals surface area (Å²) in [6.45, 7) is -0.0882. The third-order valence-electron chi connectivity index (χ3n) is 4.68. The third-order valence-corrected chi connectivity index (χ3v) is 5.40. The fraction of sp³-hybridized carbons (Fsp3) is 0.286. The molecule has 0 unspecified atom stereocenters. The first-order valence-corrected chi connectivity index (χ1v) is 10.1. The molecule has 1 heterocycles. The number of ether oxygens (including phenoxy) is 1. The Hall–Kier alpha value is -2.80. The van der Waals surface area contributed by atoms with Crippen molar-refractivity contribution in [3.8, 4) is 0 Å². The summed E-state index contributed by atoms with van der Waals surface area (Å²) >= 11 is 1.59. The standard InChI is InChI=1S/C21H22N2O4S/c1-22(16-7-4-3-5-8-16)20(25)14-27-21(26)15-11-19(24)23(13-15)17-9-6-10-18(12-17)28-2/h3-10,12,15H,11,13-14H2,1-2H3/t15-/m0/s1. The molecule has 1 aliphatic heterocycles. The van der Waals surface area contributed by atoms with Gasteiger partial charge in [0.2, 0.25) is 5.91 Å². The molecular formula is C21H22N2O4S. The number of rotatable bonds is 6. The van der Waals surface area contributed by atoms with E-state index in [1.165, 1.54) is 4.90 Å². The fourth-order valence-corrected chi connectivity index (χ4v) is 3.49. The van der Waals surface area contributed by atoms with Gasteiger partial charge in [-0.25, -0.2) is 0 Å². The lowest BCUT2D eigenvalue weighted by Crippen LogP contribution is -2.32. The van der Waals surface area contributed by atoms with Crippen molar-refractivity contribution in [2.75, 3.05) is 36.3 Å². The summed E-state index contributed by atoms with van der Waals surface area (Å²) in [6.07, 6.45) is 2.06. The highest BCUT2D eigenvalue weighted by Gasteiger charge is 2.36. The van der Waals surface area contributed by atoms with Gasteiger partial charge >= 0.3 is 5.97 Å². The Labute approximate surface area is 168 Å². The predicted octanol–water partition coefficient (Wildman–Crippen LogP) is 2.97.